The van der Waals surface area contributed by atoms with Crippen LogP contribution < -0.4 is 5.69 Å². The number of H-pyrrole nitrogens is 1. The summed E-state index contributed by atoms with van der Waals surface area (Å²) in [5.74, 6) is 0.789. The van der Waals surface area contributed by atoms with Gasteiger partial charge >= 0.3 is 5.69 Å². The number of imidazole rings is 1. The van der Waals surface area contributed by atoms with Crippen LogP contribution in [0.5, 0.6) is 0 Å². The number of aromatic nitrogens is 3. The van der Waals surface area contributed by atoms with E-state index in [1.807, 2.05) is 24.3 Å². The number of thioether (sulfide) groups is 1. The third-order valence-corrected chi connectivity index (χ3v) is 7.78. The average molecular weight is 419 g/mol. The van der Waals surface area contributed by atoms with Gasteiger partial charge in [0.1, 0.15) is 4.90 Å². The van der Waals surface area contributed by atoms with Crippen molar-refractivity contribution in [2.45, 2.75) is 35.7 Å². The maximum absolute atomic E-state index is 12.5. The Morgan fingerprint density at radius 2 is 1.89 bits per heavy atom. The zero-order valence-electron chi connectivity index (χ0n) is 15.4. The second-order valence-electron chi connectivity index (χ2n) is 6.74. The molecule has 3 heterocycles. The van der Waals surface area contributed by atoms with E-state index >= 15 is 0 Å². The normalized spacial score (nSPS) is 15.4. The quantitative estimate of drug-likeness (QED) is 0.471. The van der Waals surface area contributed by atoms with Gasteiger partial charge in [-0.15, -0.1) is 11.8 Å². The number of rotatable bonds is 7. The van der Waals surface area contributed by atoms with Crippen molar-refractivity contribution in [3.8, 4) is 0 Å². The van der Waals surface area contributed by atoms with Crippen LogP contribution in [-0.2, 0) is 16.6 Å². The van der Waals surface area contributed by atoms with Gasteiger partial charge in [0.25, 0.3) is 0 Å². The van der Waals surface area contributed by atoms with E-state index in [0.717, 1.165) is 41.1 Å². The first-order valence-corrected chi connectivity index (χ1v) is 11.7. The lowest BCUT2D eigenvalue weighted by molar-refractivity contribution is 0.477. The van der Waals surface area contributed by atoms with Crippen LogP contribution in [0.2, 0.25) is 0 Å². The highest BCUT2D eigenvalue weighted by Crippen LogP contribution is 2.23. The summed E-state index contributed by atoms with van der Waals surface area (Å²) in [6, 6.07) is 11.0. The zero-order chi connectivity index (χ0) is 19.6. The number of benzene rings is 1. The van der Waals surface area contributed by atoms with Crippen molar-refractivity contribution in [3.63, 3.8) is 0 Å². The Bertz CT molecular complexity index is 1110. The van der Waals surface area contributed by atoms with Crippen molar-refractivity contribution in [1.82, 2.24) is 18.8 Å². The van der Waals surface area contributed by atoms with Gasteiger partial charge in [-0.3, -0.25) is 4.57 Å². The van der Waals surface area contributed by atoms with Gasteiger partial charge in [-0.05, 0) is 43.5 Å². The standard InChI is InChI=1S/C19H22N4O3S2/c24-19-21-16-6-1-2-7-17(16)23(19)12-5-13-27-18-9-8-15(14-20-18)28(25,26)22-10-3-4-11-22/h1-2,6-9,14H,3-5,10-13H2,(H,21,24). The predicted molar refractivity (Wildman–Crippen MR) is 110 cm³/mol. The Labute approximate surface area is 167 Å². The molecule has 0 spiro atoms. The number of pyridine rings is 1. The molecule has 28 heavy (non-hydrogen) atoms. The highest BCUT2D eigenvalue weighted by molar-refractivity contribution is 7.99. The molecule has 0 radical (unpaired) electrons. The molecule has 2 aromatic heterocycles. The Balaban J connectivity index is 1.34. The molecular formula is C19H22N4O3S2. The maximum atomic E-state index is 12.5. The summed E-state index contributed by atoms with van der Waals surface area (Å²) in [6.07, 6.45) is 4.09. The van der Waals surface area contributed by atoms with Crippen LogP contribution in [0, 0.1) is 0 Å². The lowest BCUT2D eigenvalue weighted by atomic mass is 10.3. The molecule has 0 atom stereocenters. The predicted octanol–water partition coefficient (Wildman–Crippen LogP) is 2.69. The first-order valence-electron chi connectivity index (χ1n) is 9.32. The Morgan fingerprint density at radius 3 is 2.64 bits per heavy atom. The number of hydrogen-bond donors (Lipinski definition) is 1. The molecule has 0 bridgehead atoms. The lowest BCUT2D eigenvalue weighted by Crippen LogP contribution is -2.27. The largest absolute Gasteiger partial charge is 0.326 e. The van der Waals surface area contributed by atoms with E-state index < -0.39 is 10.0 Å². The number of hydrogen-bond acceptors (Lipinski definition) is 5. The van der Waals surface area contributed by atoms with Gasteiger partial charge in [0.05, 0.1) is 16.1 Å². The fourth-order valence-corrected chi connectivity index (χ4v) is 5.65. The smallest absolute Gasteiger partial charge is 0.306 e. The number of nitrogens with one attached hydrogen (secondary N) is 1. The Kier molecular flexibility index (Phi) is 5.56. The zero-order valence-corrected chi connectivity index (χ0v) is 17.0. The first-order chi connectivity index (χ1) is 13.6. The number of fused-ring (bicyclic) bond motifs is 1. The van der Waals surface area contributed by atoms with E-state index in [-0.39, 0.29) is 10.6 Å². The van der Waals surface area contributed by atoms with E-state index in [9.17, 15) is 13.2 Å². The van der Waals surface area contributed by atoms with Crippen molar-refractivity contribution in [1.29, 1.82) is 0 Å². The van der Waals surface area contributed by atoms with Crippen LogP contribution in [0.15, 0.2) is 57.3 Å². The topological polar surface area (TPSA) is 88.1 Å². The van der Waals surface area contributed by atoms with Gasteiger partial charge in [0, 0.05) is 31.6 Å². The molecule has 4 rings (SSSR count). The highest BCUT2D eigenvalue weighted by atomic mass is 32.2. The van der Waals surface area contributed by atoms with Crippen LogP contribution in [0.4, 0.5) is 0 Å². The number of aryl methyl sites for hydroxylation is 1. The minimum Gasteiger partial charge on any atom is -0.306 e. The number of aromatic amines is 1. The third kappa shape index (κ3) is 3.87. The molecule has 1 aromatic carbocycles. The van der Waals surface area contributed by atoms with E-state index in [1.165, 1.54) is 10.5 Å². The van der Waals surface area contributed by atoms with Crippen molar-refractivity contribution >= 4 is 32.8 Å². The van der Waals surface area contributed by atoms with Crippen LogP contribution in [0.3, 0.4) is 0 Å². The molecule has 1 N–H and O–H groups in total. The van der Waals surface area contributed by atoms with E-state index in [4.69, 9.17) is 0 Å². The Morgan fingerprint density at radius 1 is 1.11 bits per heavy atom. The minimum absolute atomic E-state index is 0.0965. The van der Waals surface area contributed by atoms with E-state index in [1.54, 1.807) is 28.5 Å². The van der Waals surface area contributed by atoms with Gasteiger partial charge in [-0.2, -0.15) is 4.31 Å². The van der Waals surface area contributed by atoms with Crippen LogP contribution in [-0.4, -0.2) is 46.1 Å². The van der Waals surface area contributed by atoms with Gasteiger partial charge in [0.2, 0.25) is 10.0 Å². The van der Waals surface area contributed by atoms with E-state index in [2.05, 4.69) is 9.97 Å². The molecule has 0 unspecified atom stereocenters. The van der Waals surface area contributed by atoms with Gasteiger partial charge in [-0.1, -0.05) is 12.1 Å². The van der Waals surface area contributed by atoms with Crippen LogP contribution >= 0.6 is 11.8 Å². The number of para-hydroxylation sites is 2. The summed E-state index contributed by atoms with van der Waals surface area (Å²) in [5, 5.41) is 0.784. The molecule has 3 aromatic rings. The fraction of sp³-hybridized carbons (Fsp3) is 0.368. The molecule has 148 valence electrons. The van der Waals surface area contributed by atoms with Crippen molar-refractivity contribution in [2.24, 2.45) is 0 Å². The molecule has 9 heteroatoms. The van der Waals surface area contributed by atoms with Crippen molar-refractivity contribution in [3.05, 3.63) is 53.1 Å². The molecule has 0 aliphatic carbocycles. The molecule has 1 aliphatic rings. The summed E-state index contributed by atoms with van der Waals surface area (Å²) in [5.41, 5.74) is 1.66. The molecule has 1 fully saturated rings. The monoisotopic (exact) mass is 418 g/mol. The first kappa shape index (κ1) is 19.2. The SMILES string of the molecule is O=c1[nH]c2ccccc2n1CCCSc1ccc(S(=O)(=O)N2CCCC2)cn1. The Hall–Kier alpha value is -2.10. The molecule has 7 nitrogen and oxygen atoms in total. The highest BCUT2D eigenvalue weighted by Gasteiger charge is 2.27. The summed E-state index contributed by atoms with van der Waals surface area (Å²) < 4.78 is 28.3. The van der Waals surface area contributed by atoms with Crippen molar-refractivity contribution in [2.75, 3.05) is 18.8 Å². The maximum Gasteiger partial charge on any atom is 0.326 e. The molecule has 1 aliphatic heterocycles. The van der Waals surface area contributed by atoms with Gasteiger partial charge in [-0.25, -0.2) is 18.2 Å². The third-order valence-electron chi connectivity index (χ3n) is 4.87. The van der Waals surface area contributed by atoms with E-state index in [0.29, 0.717) is 19.6 Å². The molecule has 0 saturated carbocycles. The summed E-state index contributed by atoms with van der Waals surface area (Å²) in [7, 11) is -3.42. The summed E-state index contributed by atoms with van der Waals surface area (Å²) in [6.45, 7) is 1.80. The second kappa shape index (κ2) is 8.10. The van der Waals surface area contributed by atoms with Gasteiger partial charge in [0.15, 0.2) is 0 Å². The average Bonchev–Trinajstić information content (AvgIpc) is 3.34. The van der Waals surface area contributed by atoms with Gasteiger partial charge < -0.3 is 4.98 Å². The summed E-state index contributed by atoms with van der Waals surface area (Å²) in [4.78, 5) is 19.5. The van der Waals surface area contributed by atoms with Crippen LogP contribution in [0.1, 0.15) is 19.3 Å². The summed E-state index contributed by atoms with van der Waals surface area (Å²) >= 11 is 1.56. The molecule has 1 saturated heterocycles. The lowest BCUT2D eigenvalue weighted by Gasteiger charge is -2.15. The minimum atomic E-state index is -3.42. The molecular weight excluding hydrogens is 396 g/mol. The molecule has 0 amide bonds. The fourth-order valence-electron chi connectivity index (χ4n) is 3.41. The number of sulfonamides is 1. The van der Waals surface area contributed by atoms with Crippen LogP contribution in [0.25, 0.3) is 11.0 Å². The number of nitrogens with zero attached hydrogens (tertiary/aromatic N) is 3. The van der Waals surface area contributed by atoms with Crippen molar-refractivity contribution < 1.29 is 8.42 Å². The second-order valence-corrected chi connectivity index (χ2v) is 9.80.